The lowest BCUT2D eigenvalue weighted by Crippen LogP contribution is -2.44. The normalized spacial score (nSPS) is 39.2. The molecule has 2 aliphatic carbocycles. The molecule has 0 spiro atoms. The van der Waals surface area contributed by atoms with Crippen LogP contribution in [0.2, 0.25) is 0 Å². The van der Waals surface area contributed by atoms with Crippen LogP contribution >= 0.6 is 11.8 Å². The van der Waals surface area contributed by atoms with Gasteiger partial charge in [0.1, 0.15) is 0 Å². The first kappa shape index (κ1) is 13.7. The largest absolute Gasteiger partial charge is 0.381 e. The lowest BCUT2D eigenvalue weighted by atomic mass is 9.89. The second-order valence-electron chi connectivity index (χ2n) is 5.60. The minimum absolute atomic E-state index is 0.504. The van der Waals surface area contributed by atoms with Crippen LogP contribution in [0, 0.1) is 0 Å². The number of hydrogen-bond donors (Lipinski definition) is 1. The second kappa shape index (κ2) is 7.01. The van der Waals surface area contributed by atoms with E-state index in [1.54, 1.807) is 0 Å². The zero-order valence-electron chi connectivity index (χ0n) is 11.3. The summed E-state index contributed by atoms with van der Waals surface area (Å²) >= 11 is 2.05. The molecule has 2 saturated carbocycles. The molecule has 2 atom stereocenters. The first-order chi connectivity index (χ1) is 8.31. The summed E-state index contributed by atoms with van der Waals surface area (Å²) in [5, 5.41) is 4.80. The highest BCUT2D eigenvalue weighted by Gasteiger charge is 2.26. The van der Waals surface area contributed by atoms with Crippen molar-refractivity contribution < 1.29 is 4.74 Å². The maximum Gasteiger partial charge on any atom is 0.0586 e. The average Bonchev–Trinajstić information content (AvgIpc) is 2.40. The fourth-order valence-electron chi connectivity index (χ4n) is 3.31. The van der Waals surface area contributed by atoms with Crippen molar-refractivity contribution >= 4 is 11.8 Å². The van der Waals surface area contributed by atoms with Crippen molar-refractivity contribution in [3.8, 4) is 0 Å². The van der Waals surface area contributed by atoms with Crippen LogP contribution in [0.1, 0.15) is 51.4 Å². The third kappa shape index (κ3) is 4.15. The predicted molar refractivity (Wildman–Crippen MR) is 75.7 cm³/mol. The van der Waals surface area contributed by atoms with Crippen LogP contribution in [0.5, 0.6) is 0 Å². The molecule has 0 saturated heterocycles. The van der Waals surface area contributed by atoms with Crippen LogP contribution < -0.4 is 5.32 Å². The van der Waals surface area contributed by atoms with Crippen LogP contribution in [0.15, 0.2) is 0 Å². The van der Waals surface area contributed by atoms with Gasteiger partial charge in [0, 0.05) is 24.4 Å². The quantitative estimate of drug-likeness (QED) is 0.835. The fourth-order valence-corrected chi connectivity index (χ4v) is 4.05. The molecule has 0 amide bonds. The van der Waals surface area contributed by atoms with Crippen LogP contribution in [-0.2, 0) is 4.74 Å². The summed E-state index contributed by atoms with van der Waals surface area (Å²) in [5.74, 6) is 0. The van der Waals surface area contributed by atoms with Gasteiger partial charge in [-0.05, 0) is 57.6 Å². The van der Waals surface area contributed by atoms with Gasteiger partial charge in [-0.25, -0.2) is 0 Å². The van der Waals surface area contributed by atoms with E-state index in [-0.39, 0.29) is 0 Å². The van der Waals surface area contributed by atoms with Gasteiger partial charge in [0.05, 0.1) is 6.10 Å². The molecule has 0 aromatic rings. The molecule has 0 aliphatic heterocycles. The third-order valence-electron chi connectivity index (χ3n) is 4.44. The summed E-state index contributed by atoms with van der Waals surface area (Å²) in [7, 11) is 1.86. The van der Waals surface area contributed by atoms with E-state index in [0.29, 0.717) is 12.1 Å². The molecule has 0 radical (unpaired) electrons. The molecule has 0 heterocycles. The van der Waals surface area contributed by atoms with Gasteiger partial charge in [-0.2, -0.15) is 11.8 Å². The van der Waals surface area contributed by atoms with Crippen molar-refractivity contribution in [3.05, 3.63) is 0 Å². The maximum atomic E-state index is 5.50. The molecular formula is C14H27NOS. The Morgan fingerprint density at radius 1 is 1.00 bits per heavy atom. The van der Waals surface area contributed by atoms with Crippen molar-refractivity contribution in [2.24, 2.45) is 0 Å². The Morgan fingerprint density at radius 3 is 2.41 bits per heavy atom. The molecule has 17 heavy (non-hydrogen) atoms. The van der Waals surface area contributed by atoms with Crippen molar-refractivity contribution in [1.29, 1.82) is 0 Å². The number of rotatable bonds is 4. The summed E-state index contributed by atoms with van der Waals surface area (Å²) in [6.07, 6.45) is 13.5. The number of methoxy groups -OCH3 is 1. The van der Waals surface area contributed by atoms with E-state index in [1.807, 2.05) is 7.11 Å². The Bertz CT molecular complexity index is 216. The Hall–Kier alpha value is 0.270. The zero-order chi connectivity index (χ0) is 12.1. The van der Waals surface area contributed by atoms with Crippen molar-refractivity contribution in [3.63, 3.8) is 0 Å². The second-order valence-corrected chi connectivity index (χ2v) is 6.74. The van der Waals surface area contributed by atoms with Gasteiger partial charge in [0.2, 0.25) is 0 Å². The molecule has 3 heteroatoms. The molecule has 0 aromatic heterocycles. The average molecular weight is 257 g/mol. The summed E-state index contributed by atoms with van der Waals surface area (Å²) in [6.45, 7) is 0. The van der Waals surface area contributed by atoms with Gasteiger partial charge >= 0.3 is 0 Å². The molecule has 2 rings (SSSR count). The molecule has 2 nitrogen and oxygen atoms in total. The molecule has 2 fully saturated rings. The summed E-state index contributed by atoms with van der Waals surface area (Å²) in [6, 6.07) is 1.49. The van der Waals surface area contributed by atoms with Crippen LogP contribution in [-0.4, -0.2) is 36.8 Å². The number of nitrogens with one attached hydrogen (secondary N) is 1. The lowest BCUT2D eigenvalue weighted by molar-refractivity contribution is 0.0559. The van der Waals surface area contributed by atoms with Crippen molar-refractivity contribution in [2.45, 2.75) is 74.8 Å². The molecule has 1 N–H and O–H groups in total. The molecule has 100 valence electrons. The topological polar surface area (TPSA) is 21.3 Å². The minimum atomic E-state index is 0.504. The monoisotopic (exact) mass is 257 g/mol. The van der Waals surface area contributed by atoms with E-state index in [0.717, 1.165) is 11.3 Å². The predicted octanol–water partition coefficient (Wildman–Crippen LogP) is 3.21. The number of hydrogen-bond acceptors (Lipinski definition) is 3. The van der Waals surface area contributed by atoms with E-state index in [1.165, 1.54) is 51.4 Å². The van der Waals surface area contributed by atoms with E-state index in [9.17, 15) is 0 Å². The van der Waals surface area contributed by atoms with E-state index >= 15 is 0 Å². The van der Waals surface area contributed by atoms with Gasteiger partial charge in [0.15, 0.2) is 0 Å². The summed E-state index contributed by atoms with van der Waals surface area (Å²) < 4.78 is 5.50. The summed E-state index contributed by atoms with van der Waals surface area (Å²) in [5.41, 5.74) is 0. The molecular weight excluding hydrogens is 230 g/mol. The van der Waals surface area contributed by atoms with Crippen LogP contribution in [0.4, 0.5) is 0 Å². The van der Waals surface area contributed by atoms with Crippen molar-refractivity contribution in [2.75, 3.05) is 13.4 Å². The standard InChI is InChI=1S/C14H27NOS/c1-16-13-5-3-4-12(10-13)15-11-6-8-14(17-2)9-7-11/h11-15H,3-10H2,1-2H3. The highest BCUT2D eigenvalue weighted by Crippen LogP contribution is 2.28. The van der Waals surface area contributed by atoms with Gasteiger partial charge < -0.3 is 10.1 Å². The van der Waals surface area contributed by atoms with Gasteiger partial charge in [-0.15, -0.1) is 0 Å². The van der Waals surface area contributed by atoms with Crippen LogP contribution in [0.25, 0.3) is 0 Å². The molecule has 0 bridgehead atoms. The number of ether oxygens (including phenoxy) is 1. The molecule has 2 unspecified atom stereocenters. The molecule has 0 aromatic carbocycles. The maximum absolute atomic E-state index is 5.50. The Kier molecular flexibility index (Phi) is 5.64. The number of thioether (sulfide) groups is 1. The minimum Gasteiger partial charge on any atom is -0.381 e. The Labute approximate surface area is 110 Å². The van der Waals surface area contributed by atoms with E-state index in [2.05, 4.69) is 23.3 Å². The first-order valence-electron chi connectivity index (χ1n) is 7.13. The highest BCUT2D eigenvalue weighted by molar-refractivity contribution is 7.99. The van der Waals surface area contributed by atoms with Crippen LogP contribution in [0.3, 0.4) is 0 Å². The van der Waals surface area contributed by atoms with E-state index < -0.39 is 0 Å². The lowest BCUT2D eigenvalue weighted by Gasteiger charge is -2.35. The smallest absolute Gasteiger partial charge is 0.0586 e. The van der Waals surface area contributed by atoms with Gasteiger partial charge in [0.25, 0.3) is 0 Å². The van der Waals surface area contributed by atoms with Crippen molar-refractivity contribution in [1.82, 2.24) is 5.32 Å². The fraction of sp³-hybridized carbons (Fsp3) is 1.00. The Morgan fingerprint density at radius 2 is 1.76 bits per heavy atom. The Balaban J connectivity index is 1.70. The first-order valence-corrected chi connectivity index (χ1v) is 8.42. The summed E-state index contributed by atoms with van der Waals surface area (Å²) in [4.78, 5) is 0. The van der Waals surface area contributed by atoms with E-state index in [4.69, 9.17) is 4.74 Å². The zero-order valence-corrected chi connectivity index (χ0v) is 12.1. The third-order valence-corrected chi connectivity index (χ3v) is 5.58. The SMILES string of the molecule is COC1CCCC(NC2CCC(SC)CC2)C1. The highest BCUT2D eigenvalue weighted by atomic mass is 32.2. The van der Waals surface area contributed by atoms with Gasteiger partial charge in [-0.3, -0.25) is 0 Å². The molecule has 2 aliphatic rings. The van der Waals surface area contributed by atoms with Gasteiger partial charge in [-0.1, -0.05) is 0 Å².